The Kier molecular flexibility index (Phi) is 5.53. The Labute approximate surface area is 189 Å². The van der Waals surface area contributed by atoms with Gasteiger partial charge in [-0.3, -0.25) is 9.36 Å². The minimum Gasteiger partial charge on any atom is -0.364 e. The van der Waals surface area contributed by atoms with Crippen LogP contribution in [0.1, 0.15) is 36.2 Å². The number of hydrogen-bond donors (Lipinski definition) is 4. The summed E-state index contributed by atoms with van der Waals surface area (Å²) in [5.41, 5.74) is 13.3. The zero-order chi connectivity index (χ0) is 22.8. The number of carbonyl (C=O) groups excluding carboxylic acids is 1. The molecular formula is C22H24N10O. The van der Waals surface area contributed by atoms with Crippen molar-refractivity contribution in [2.75, 3.05) is 10.6 Å². The molecule has 0 bridgehead atoms. The largest absolute Gasteiger partial charge is 0.364 e. The number of nitrogens with one attached hydrogen (secondary N) is 2. The van der Waals surface area contributed by atoms with Gasteiger partial charge in [0.15, 0.2) is 11.5 Å². The van der Waals surface area contributed by atoms with Crippen LogP contribution in [-0.2, 0) is 0 Å². The van der Waals surface area contributed by atoms with Crippen LogP contribution in [0.4, 0.5) is 17.5 Å². The van der Waals surface area contributed by atoms with E-state index >= 15 is 0 Å². The van der Waals surface area contributed by atoms with E-state index in [4.69, 9.17) is 11.5 Å². The number of nitrogens with two attached hydrogens (primary N) is 2. The highest BCUT2D eigenvalue weighted by Gasteiger charge is 2.24. The van der Waals surface area contributed by atoms with Gasteiger partial charge in [0.05, 0.1) is 5.52 Å². The Morgan fingerprint density at radius 3 is 2.67 bits per heavy atom. The highest BCUT2D eigenvalue weighted by molar-refractivity contribution is 5.99. The van der Waals surface area contributed by atoms with Crippen molar-refractivity contribution in [1.82, 2.24) is 29.7 Å². The number of amides is 1. The normalized spacial score (nSPS) is 18.2. The Hall–Kier alpha value is -4.12. The van der Waals surface area contributed by atoms with Gasteiger partial charge < -0.3 is 22.1 Å². The molecule has 1 saturated carbocycles. The van der Waals surface area contributed by atoms with E-state index in [2.05, 4.69) is 35.8 Å². The molecule has 0 radical (unpaired) electrons. The van der Waals surface area contributed by atoms with Crippen LogP contribution in [0.2, 0.25) is 0 Å². The average molecular weight is 445 g/mol. The second kappa shape index (κ2) is 8.79. The molecule has 1 aromatic carbocycles. The third-order valence-corrected chi connectivity index (χ3v) is 5.81. The first kappa shape index (κ1) is 20.8. The topological polar surface area (TPSA) is 163 Å². The lowest BCUT2D eigenvalue weighted by Crippen LogP contribution is -2.43. The summed E-state index contributed by atoms with van der Waals surface area (Å²) in [7, 11) is 0. The lowest BCUT2D eigenvalue weighted by Gasteiger charge is -2.29. The van der Waals surface area contributed by atoms with Crippen molar-refractivity contribution in [1.29, 1.82) is 0 Å². The molecule has 4 aromatic rings. The minimum absolute atomic E-state index is 0.0169. The van der Waals surface area contributed by atoms with E-state index < -0.39 is 5.91 Å². The molecule has 11 heteroatoms. The first-order chi connectivity index (χ1) is 16.1. The van der Waals surface area contributed by atoms with Crippen molar-refractivity contribution in [3.8, 4) is 5.95 Å². The monoisotopic (exact) mass is 444 g/mol. The maximum Gasteiger partial charge on any atom is 0.273 e. The van der Waals surface area contributed by atoms with Gasteiger partial charge in [-0.05, 0) is 37.1 Å². The van der Waals surface area contributed by atoms with Gasteiger partial charge in [-0.1, -0.05) is 18.9 Å². The van der Waals surface area contributed by atoms with E-state index in [0.717, 1.165) is 42.3 Å². The van der Waals surface area contributed by atoms with Crippen molar-refractivity contribution >= 4 is 34.3 Å². The average Bonchev–Trinajstić information content (AvgIpc) is 3.26. The Bertz CT molecular complexity index is 1290. The molecule has 33 heavy (non-hydrogen) atoms. The molecule has 1 amide bonds. The number of rotatable bonds is 6. The van der Waals surface area contributed by atoms with Crippen molar-refractivity contribution < 1.29 is 4.79 Å². The van der Waals surface area contributed by atoms with E-state index in [9.17, 15) is 4.79 Å². The summed E-state index contributed by atoms with van der Waals surface area (Å²) in [5.74, 6) is 0.357. The third-order valence-electron chi connectivity index (χ3n) is 5.81. The van der Waals surface area contributed by atoms with Gasteiger partial charge in [-0.15, -0.1) is 10.2 Å². The van der Waals surface area contributed by atoms with Crippen LogP contribution in [0.25, 0.3) is 16.9 Å². The van der Waals surface area contributed by atoms with Gasteiger partial charge in [-0.2, -0.15) is 4.98 Å². The first-order valence-electron chi connectivity index (χ1n) is 10.8. The number of aromatic nitrogens is 6. The highest BCUT2D eigenvalue weighted by Crippen LogP contribution is 2.29. The molecule has 0 spiro atoms. The van der Waals surface area contributed by atoms with Crippen LogP contribution in [0.5, 0.6) is 0 Å². The zero-order valence-corrected chi connectivity index (χ0v) is 17.8. The zero-order valence-electron chi connectivity index (χ0n) is 17.8. The third kappa shape index (κ3) is 4.17. The molecule has 2 atom stereocenters. The standard InChI is InChI=1S/C22H24N10O/c23-14-5-1-2-6-16(14)28-21-29-20(18(19(24)33)30-31-21)27-15-7-3-8-17-13(15)9-12-32(17)22-25-10-4-11-26-22/h3-4,7-12,14,16H,1-2,5-6,23H2,(H2,24,33)(H2,27,28,29,31)/t14-,16+/m0/s1. The van der Waals surface area contributed by atoms with Gasteiger partial charge in [-0.25, -0.2) is 9.97 Å². The summed E-state index contributed by atoms with van der Waals surface area (Å²) in [6.07, 6.45) is 9.34. The Morgan fingerprint density at radius 2 is 1.88 bits per heavy atom. The molecule has 11 nitrogen and oxygen atoms in total. The minimum atomic E-state index is -0.721. The molecule has 3 heterocycles. The molecule has 1 aliphatic rings. The van der Waals surface area contributed by atoms with Crippen LogP contribution in [0.3, 0.4) is 0 Å². The van der Waals surface area contributed by atoms with Gasteiger partial charge in [0.2, 0.25) is 11.9 Å². The quantitative estimate of drug-likeness (QED) is 0.349. The molecule has 1 fully saturated rings. The summed E-state index contributed by atoms with van der Waals surface area (Å²) in [5, 5.41) is 15.4. The summed E-state index contributed by atoms with van der Waals surface area (Å²) in [6.45, 7) is 0. The van der Waals surface area contributed by atoms with Crippen molar-refractivity contribution in [3.63, 3.8) is 0 Å². The predicted octanol–water partition coefficient (Wildman–Crippen LogP) is 2.13. The number of fused-ring (bicyclic) bond motifs is 1. The van der Waals surface area contributed by atoms with E-state index in [0.29, 0.717) is 11.9 Å². The van der Waals surface area contributed by atoms with Crippen LogP contribution < -0.4 is 22.1 Å². The maximum absolute atomic E-state index is 12.0. The Morgan fingerprint density at radius 1 is 1.06 bits per heavy atom. The number of benzene rings is 1. The number of anilines is 3. The molecule has 5 rings (SSSR count). The van der Waals surface area contributed by atoms with E-state index in [1.165, 1.54) is 0 Å². The van der Waals surface area contributed by atoms with Crippen molar-refractivity contribution in [3.05, 3.63) is 54.6 Å². The van der Waals surface area contributed by atoms with Crippen molar-refractivity contribution in [2.45, 2.75) is 37.8 Å². The van der Waals surface area contributed by atoms with Gasteiger partial charge in [0.1, 0.15) is 0 Å². The number of carbonyl (C=O) groups is 1. The lowest BCUT2D eigenvalue weighted by molar-refractivity contribution is 0.0995. The van der Waals surface area contributed by atoms with Gasteiger partial charge in [0, 0.05) is 41.7 Å². The van der Waals surface area contributed by atoms with E-state index in [1.807, 2.05) is 35.0 Å². The fourth-order valence-electron chi connectivity index (χ4n) is 4.14. The second-order valence-electron chi connectivity index (χ2n) is 7.99. The van der Waals surface area contributed by atoms with Crippen LogP contribution in [0, 0.1) is 0 Å². The molecule has 6 N–H and O–H groups in total. The number of hydrogen-bond acceptors (Lipinski definition) is 9. The van der Waals surface area contributed by atoms with Crippen LogP contribution >= 0.6 is 0 Å². The van der Waals surface area contributed by atoms with Crippen LogP contribution in [0.15, 0.2) is 48.9 Å². The predicted molar refractivity (Wildman–Crippen MR) is 124 cm³/mol. The fourth-order valence-corrected chi connectivity index (χ4v) is 4.14. The number of primary amides is 1. The SMILES string of the molecule is NC(=O)c1nnc(N[C@@H]2CCCC[C@@H]2N)nc1Nc1cccc2c1ccn2-c1ncccn1. The lowest BCUT2D eigenvalue weighted by atomic mass is 9.91. The smallest absolute Gasteiger partial charge is 0.273 e. The molecule has 168 valence electrons. The Balaban J connectivity index is 1.49. The molecule has 1 aliphatic carbocycles. The summed E-state index contributed by atoms with van der Waals surface area (Å²) in [6, 6.07) is 9.51. The van der Waals surface area contributed by atoms with E-state index in [-0.39, 0.29) is 23.6 Å². The molecule has 3 aromatic heterocycles. The van der Waals surface area contributed by atoms with Crippen molar-refractivity contribution in [2.24, 2.45) is 11.5 Å². The molecule has 0 saturated heterocycles. The maximum atomic E-state index is 12.0. The summed E-state index contributed by atoms with van der Waals surface area (Å²) >= 11 is 0. The number of nitrogens with zero attached hydrogens (tertiary/aromatic N) is 6. The van der Waals surface area contributed by atoms with Gasteiger partial charge in [0.25, 0.3) is 5.91 Å². The molecular weight excluding hydrogens is 420 g/mol. The van der Waals surface area contributed by atoms with Gasteiger partial charge >= 0.3 is 0 Å². The summed E-state index contributed by atoms with van der Waals surface area (Å²) in [4.78, 5) is 25.1. The highest BCUT2D eigenvalue weighted by atomic mass is 16.1. The molecule has 0 unspecified atom stereocenters. The first-order valence-corrected chi connectivity index (χ1v) is 10.8. The second-order valence-corrected chi connectivity index (χ2v) is 7.99. The van der Waals surface area contributed by atoms with Crippen LogP contribution in [-0.4, -0.2) is 47.7 Å². The fraction of sp³-hybridized carbons (Fsp3) is 0.273. The van der Waals surface area contributed by atoms with E-state index in [1.54, 1.807) is 18.5 Å². The molecule has 0 aliphatic heterocycles. The summed E-state index contributed by atoms with van der Waals surface area (Å²) < 4.78 is 1.88.